The number of hydrogen-bond acceptors (Lipinski definition) is 4. The van der Waals surface area contributed by atoms with Gasteiger partial charge < -0.3 is 15.4 Å². The van der Waals surface area contributed by atoms with Gasteiger partial charge in [-0.3, -0.25) is 9.59 Å². The number of carbonyl (C=O) groups excluding carboxylic acids is 2. The number of ether oxygens (including phenoxy) is 1. The first kappa shape index (κ1) is 24.5. The van der Waals surface area contributed by atoms with Crippen molar-refractivity contribution in [1.82, 2.24) is 9.78 Å². The number of amides is 2. The van der Waals surface area contributed by atoms with E-state index in [1.54, 1.807) is 30.1 Å². The molecule has 2 heterocycles. The molecule has 2 amide bonds. The van der Waals surface area contributed by atoms with Crippen LogP contribution in [0.1, 0.15) is 37.8 Å². The predicted octanol–water partition coefficient (Wildman–Crippen LogP) is 5.17. The van der Waals surface area contributed by atoms with Crippen molar-refractivity contribution in [2.75, 3.05) is 12.0 Å². The molecule has 1 saturated heterocycles. The second kappa shape index (κ2) is 10.0. The number of halogens is 1. The third-order valence-electron chi connectivity index (χ3n) is 6.93. The number of carbonyl (C=O) groups is 2. The molecule has 3 aromatic carbocycles. The minimum atomic E-state index is -0.284. The van der Waals surface area contributed by atoms with Crippen LogP contribution in [-0.2, 0) is 9.59 Å². The van der Waals surface area contributed by atoms with E-state index in [2.05, 4.69) is 5.10 Å². The van der Waals surface area contributed by atoms with Crippen molar-refractivity contribution in [3.8, 4) is 11.4 Å². The molecule has 0 radical (unpaired) electrons. The Morgan fingerprint density at radius 3 is 2.30 bits per heavy atom. The first-order valence-electron chi connectivity index (χ1n) is 12.4. The van der Waals surface area contributed by atoms with Crippen molar-refractivity contribution in [2.24, 2.45) is 17.6 Å². The SMILES string of the molecule is COc1ccc([C@@H]2C[C@H](C)C(=O)N2c2ccc3c(cnn3-c3ccc(F)cc3)c2)cc1.NC(=O)C1CC1. The van der Waals surface area contributed by atoms with Gasteiger partial charge in [-0.2, -0.15) is 5.10 Å². The lowest BCUT2D eigenvalue weighted by Gasteiger charge is -2.25. The molecule has 1 saturated carbocycles. The number of nitrogens with two attached hydrogens (primary N) is 1. The van der Waals surface area contributed by atoms with E-state index in [1.807, 2.05) is 54.3 Å². The first-order chi connectivity index (χ1) is 17.9. The average molecular weight is 501 g/mol. The van der Waals surface area contributed by atoms with E-state index in [1.165, 1.54) is 12.1 Å². The van der Waals surface area contributed by atoms with Crippen LogP contribution >= 0.6 is 0 Å². The van der Waals surface area contributed by atoms with E-state index in [4.69, 9.17) is 10.5 Å². The fourth-order valence-electron chi connectivity index (χ4n) is 4.68. The molecule has 4 aromatic rings. The van der Waals surface area contributed by atoms with Crippen molar-refractivity contribution in [3.05, 3.63) is 84.3 Å². The van der Waals surface area contributed by atoms with E-state index < -0.39 is 0 Å². The summed E-state index contributed by atoms with van der Waals surface area (Å²) in [5, 5.41) is 5.39. The third-order valence-corrected chi connectivity index (χ3v) is 6.93. The van der Waals surface area contributed by atoms with Crippen LogP contribution < -0.4 is 15.4 Å². The van der Waals surface area contributed by atoms with E-state index in [-0.39, 0.29) is 35.5 Å². The normalized spacial score (nSPS) is 19.0. The second-order valence-corrected chi connectivity index (χ2v) is 9.59. The summed E-state index contributed by atoms with van der Waals surface area (Å²) < 4.78 is 20.3. The van der Waals surface area contributed by atoms with Gasteiger partial charge >= 0.3 is 0 Å². The molecule has 2 fully saturated rings. The number of fused-ring (bicyclic) bond motifs is 1. The van der Waals surface area contributed by atoms with Crippen LogP contribution in [0.3, 0.4) is 0 Å². The van der Waals surface area contributed by atoms with Gasteiger partial charge in [0.15, 0.2) is 0 Å². The summed E-state index contributed by atoms with van der Waals surface area (Å²) in [7, 11) is 1.64. The minimum absolute atomic E-state index is 0.0296. The Bertz CT molecular complexity index is 1430. The highest BCUT2D eigenvalue weighted by atomic mass is 19.1. The van der Waals surface area contributed by atoms with Gasteiger partial charge in [0.25, 0.3) is 0 Å². The summed E-state index contributed by atoms with van der Waals surface area (Å²) in [6.45, 7) is 1.98. The lowest BCUT2D eigenvalue weighted by atomic mass is 10.0. The molecule has 8 heteroatoms. The van der Waals surface area contributed by atoms with E-state index in [0.29, 0.717) is 0 Å². The highest BCUT2D eigenvalue weighted by Gasteiger charge is 2.38. The Hall–Kier alpha value is -4.20. The van der Waals surface area contributed by atoms with Crippen LogP contribution in [0.4, 0.5) is 10.1 Å². The second-order valence-electron chi connectivity index (χ2n) is 9.59. The number of benzene rings is 3. The van der Waals surface area contributed by atoms with Gasteiger partial charge in [0.2, 0.25) is 11.8 Å². The molecule has 190 valence electrons. The average Bonchev–Trinajstić information content (AvgIpc) is 3.63. The molecule has 37 heavy (non-hydrogen) atoms. The molecule has 7 nitrogen and oxygen atoms in total. The van der Waals surface area contributed by atoms with Crippen molar-refractivity contribution in [3.63, 3.8) is 0 Å². The fourth-order valence-corrected chi connectivity index (χ4v) is 4.68. The van der Waals surface area contributed by atoms with Crippen LogP contribution in [0.25, 0.3) is 16.6 Å². The molecular formula is C29H29FN4O3. The number of methoxy groups -OCH3 is 1. The Morgan fingerprint density at radius 2 is 1.70 bits per heavy atom. The standard InChI is InChI=1S/C25H22FN3O2.C4H7NO/c1-16-13-24(17-3-10-22(31-2)11-4-17)28(25(16)30)21-9-12-23-18(14-21)15-27-29(23)20-7-5-19(26)6-8-20;5-4(6)3-1-2-3/h3-12,14-16,24H,13H2,1-2H3;3H,1-2H2,(H2,5,6)/t16-,24-;/m0./s1. The maximum Gasteiger partial charge on any atom is 0.230 e. The van der Waals surface area contributed by atoms with Gasteiger partial charge in [-0.25, -0.2) is 9.07 Å². The van der Waals surface area contributed by atoms with Crippen molar-refractivity contribution in [2.45, 2.75) is 32.2 Å². The highest BCUT2D eigenvalue weighted by molar-refractivity contribution is 6.00. The number of rotatable bonds is 5. The molecule has 2 aliphatic rings. The van der Waals surface area contributed by atoms with Gasteiger partial charge in [0.1, 0.15) is 11.6 Å². The third kappa shape index (κ3) is 5.05. The molecule has 0 bridgehead atoms. The Labute approximate surface area is 214 Å². The molecule has 1 aromatic heterocycles. The molecular weight excluding hydrogens is 471 g/mol. The van der Waals surface area contributed by atoms with Crippen molar-refractivity contribution in [1.29, 1.82) is 0 Å². The predicted molar refractivity (Wildman–Crippen MR) is 140 cm³/mol. The van der Waals surface area contributed by atoms with E-state index in [9.17, 15) is 14.0 Å². The van der Waals surface area contributed by atoms with E-state index >= 15 is 0 Å². The van der Waals surface area contributed by atoms with Crippen LogP contribution in [0, 0.1) is 17.7 Å². The summed E-state index contributed by atoms with van der Waals surface area (Å²) in [6, 6.07) is 20.0. The summed E-state index contributed by atoms with van der Waals surface area (Å²) in [4.78, 5) is 24.9. The topological polar surface area (TPSA) is 90.4 Å². The minimum Gasteiger partial charge on any atom is -0.497 e. The zero-order chi connectivity index (χ0) is 26.1. The van der Waals surface area contributed by atoms with Crippen LogP contribution in [0.15, 0.2) is 72.9 Å². The summed E-state index contributed by atoms with van der Waals surface area (Å²) in [6.07, 6.45) is 4.58. The number of anilines is 1. The maximum atomic E-state index is 13.3. The van der Waals surface area contributed by atoms with Crippen molar-refractivity contribution >= 4 is 28.4 Å². The zero-order valence-corrected chi connectivity index (χ0v) is 20.8. The smallest absolute Gasteiger partial charge is 0.230 e. The van der Waals surface area contributed by atoms with Crippen LogP contribution in [-0.4, -0.2) is 28.7 Å². The molecule has 0 unspecified atom stereocenters. The Kier molecular flexibility index (Phi) is 6.65. The van der Waals surface area contributed by atoms with Gasteiger partial charge in [-0.1, -0.05) is 19.1 Å². The number of hydrogen-bond donors (Lipinski definition) is 1. The highest BCUT2D eigenvalue weighted by Crippen LogP contribution is 2.41. The Balaban J connectivity index is 0.000000412. The van der Waals surface area contributed by atoms with Gasteiger partial charge in [0.05, 0.1) is 30.6 Å². The molecule has 1 aliphatic heterocycles. The van der Waals surface area contributed by atoms with Crippen molar-refractivity contribution < 1.29 is 18.7 Å². The summed E-state index contributed by atoms with van der Waals surface area (Å²) >= 11 is 0. The first-order valence-corrected chi connectivity index (χ1v) is 12.4. The van der Waals surface area contributed by atoms with Gasteiger partial charge in [0, 0.05) is 22.9 Å². The number of nitrogens with zero attached hydrogens (tertiary/aromatic N) is 3. The number of primary amides is 1. The molecule has 2 N–H and O–H groups in total. The lowest BCUT2D eigenvalue weighted by molar-refractivity contribution is -0.120. The maximum absolute atomic E-state index is 13.3. The summed E-state index contributed by atoms with van der Waals surface area (Å²) in [5.41, 5.74) is 8.47. The van der Waals surface area contributed by atoms with Crippen LogP contribution in [0.2, 0.25) is 0 Å². The Morgan fingerprint density at radius 1 is 1.03 bits per heavy atom. The fraction of sp³-hybridized carbons (Fsp3) is 0.276. The molecule has 2 atom stereocenters. The van der Waals surface area contributed by atoms with Gasteiger partial charge in [-0.05, 0) is 79.4 Å². The lowest BCUT2D eigenvalue weighted by Crippen LogP contribution is -2.28. The van der Waals surface area contributed by atoms with Gasteiger partial charge in [-0.15, -0.1) is 0 Å². The van der Waals surface area contributed by atoms with Crippen LogP contribution in [0.5, 0.6) is 5.75 Å². The monoisotopic (exact) mass is 500 g/mol. The molecule has 0 spiro atoms. The number of aromatic nitrogens is 2. The molecule has 1 aliphatic carbocycles. The quantitative estimate of drug-likeness (QED) is 0.409. The van der Waals surface area contributed by atoms with E-state index in [0.717, 1.165) is 52.9 Å². The largest absolute Gasteiger partial charge is 0.497 e. The summed E-state index contributed by atoms with van der Waals surface area (Å²) in [5.74, 6) is 0.687. The molecule has 6 rings (SSSR count). The zero-order valence-electron chi connectivity index (χ0n) is 20.8.